The number of rotatable bonds is 3. The quantitative estimate of drug-likeness (QED) is 0.625. The van der Waals surface area contributed by atoms with E-state index in [1.807, 2.05) is 32.0 Å². The summed E-state index contributed by atoms with van der Waals surface area (Å²) < 4.78 is 6.11. The largest absolute Gasteiger partial charge is 0.496 e. The molecule has 4 heteroatoms. The van der Waals surface area contributed by atoms with Gasteiger partial charge in [0.15, 0.2) is 0 Å². The molecule has 0 N–H and O–H groups in total. The van der Waals surface area contributed by atoms with Crippen LogP contribution in [0.15, 0.2) is 27.7 Å². The van der Waals surface area contributed by atoms with E-state index in [9.17, 15) is 4.79 Å². The zero-order valence-corrected chi connectivity index (χ0v) is 10.5. The summed E-state index contributed by atoms with van der Waals surface area (Å²) in [5.74, 6) is 0.702. The number of aliphatic imine (C=N–C) groups is 1. The van der Waals surface area contributed by atoms with E-state index in [0.29, 0.717) is 5.75 Å². The SMILES string of the molecule is COc1cccc(Br)c1C(C)(C)N=C=O. The van der Waals surface area contributed by atoms with Gasteiger partial charge in [-0.3, -0.25) is 0 Å². The average Bonchev–Trinajstić information content (AvgIpc) is 2.16. The molecule has 1 aromatic carbocycles. The van der Waals surface area contributed by atoms with Crippen LogP contribution in [0.4, 0.5) is 0 Å². The van der Waals surface area contributed by atoms with Gasteiger partial charge in [0.05, 0.1) is 12.6 Å². The Balaban J connectivity index is 3.40. The van der Waals surface area contributed by atoms with E-state index in [-0.39, 0.29) is 0 Å². The van der Waals surface area contributed by atoms with Crippen LogP contribution in [0, 0.1) is 0 Å². The maximum absolute atomic E-state index is 10.4. The van der Waals surface area contributed by atoms with Crippen molar-refractivity contribution in [3.8, 4) is 5.75 Å². The molecule has 0 aliphatic carbocycles. The summed E-state index contributed by atoms with van der Waals surface area (Å²) in [6, 6.07) is 5.59. The van der Waals surface area contributed by atoms with Gasteiger partial charge in [-0.1, -0.05) is 22.0 Å². The lowest BCUT2D eigenvalue weighted by Crippen LogP contribution is -2.15. The Hall–Kier alpha value is -1.12. The minimum absolute atomic E-state index is 0.646. The molecule has 15 heavy (non-hydrogen) atoms. The lowest BCUT2D eigenvalue weighted by molar-refractivity contribution is 0.393. The number of hydrogen-bond donors (Lipinski definition) is 0. The van der Waals surface area contributed by atoms with Crippen molar-refractivity contribution in [2.45, 2.75) is 19.4 Å². The highest BCUT2D eigenvalue weighted by atomic mass is 79.9. The fraction of sp³-hybridized carbons (Fsp3) is 0.364. The molecule has 80 valence electrons. The number of carbonyl (C=O) groups excluding carboxylic acids is 1. The molecule has 0 heterocycles. The lowest BCUT2D eigenvalue weighted by Gasteiger charge is -2.22. The number of halogens is 1. The van der Waals surface area contributed by atoms with Crippen molar-refractivity contribution in [1.29, 1.82) is 0 Å². The van der Waals surface area contributed by atoms with Gasteiger partial charge >= 0.3 is 0 Å². The Morgan fingerprint density at radius 3 is 2.67 bits per heavy atom. The van der Waals surface area contributed by atoms with Gasteiger partial charge in [-0.25, -0.2) is 4.79 Å². The maximum atomic E-state index is 10.4. The smallest absolute Gasteiger partial charge is 0.235 e. The molecule has 0 bridgehead atoms. The predicted molar refractivity (Wildman–Crippen MR) is 61.8 cm³/mol. The third-order valence-electron chi connectivity index (χ3n) is 2.13. The van der Waals surface area contributed by atoms with Gasteiger partial charge in [0.1, 0.15) is 5.75 Å². The van der Waals surface area contributed by atoms with Crippen molar-refractivity contribution in [1.82, 2.24) is 0 Å². The molecule has 0 unspecified atom stereocenters. The third-order valence-corrected chi connectivity index (χ3v) is 2.79. The molecule has 0 aromatic heterocycles. The second-order valence-corrected chi connectivity index (χ2v) is 4.43. The molecule has 0 radical (unpaired) electrons. The van der Waals surface area contributed by atoms with Crippen LogP contribution in [0.3, 0.4) is 0 Å². The van der Waals surface area contributed by atoms with E-state index in [0.717, 1.165) is 10.0 Å². The fourth-order valence-electron chi connectivity index (χ4n) is 1.44. The van der Waals surface area contributed by atoms with Crippen LogP contribution in [-0.2, 0) is 10.3 Å². The van der Waals surface area contributed by atoms with Gasteiger partial charge in [-0.2, -0.15) is 4.99 Å². The van der Waals surface area contributed by atoms with Crippen LogP contribution in [0.5, 0.6) is 5.75 Å². The normalized spacial score (nSPS) is 10.7. The van der Waals surface area contributed by atoms with Gasteiger partial charge in [0, 0.05) is 10.0 Å². The zero-order valence-electron chi connectivity index (χ0n) is 8.87. The Kier molecular flexibility index (Phi) is 3.66. The zero-order chi connectivity index (χ0) is 11.5. The van der Waals surface area contributed by atoms with Crippen molar-refractivity contribution in [2.24, 2.45) is 4.99 Å². The molecule has 0 spiro atoms. The topological polar surface area (TPSA) is 38.7 Å². The van der Waals surface area contributed by atoms with E-state index in [2.05, 4.69) is 20.9 Å². The second-order valence-electron chi connectivity index (χ2n) is 3.58. The van der Waals surface area contributed by atoms with Crippen molar-refractivity contribution >= 4 is 22.0 Å². The number of benzene rings is 1. The Morgan fingerprint density at radius 1 is 1.47 bits per heavy atom. The highest BCUT2D eigenvalue weighted by molar-refractivity contribution is 9.10. The monoisotopic (exact) mass is 269 g/mol. The molecule has 0 fully saturated rings. The summed E-state index contributed by atoms with van der Waals surface area (Å²) in [6.07, 6.45) is 1.58. The van der Waals surface area contributed by atoms with Gasteiger partial charge < -0.3 is 4.74 Å². The van der Waals surface area contributed by atoms with E-state index < -0.39 is 5.54 Å². The first-order chi connectivity index (χ1) is 7.03. The number of ether oxygens (including phenoxy) is 1. The minimum Gasteiger partial charge on any atom is -0.496 e. The highest BCUT2D eigenvalue weighted by Crippen LogP contribution is 2.37. The minimum atomic E-state index is -0.646. The first-order valence-corrected chi connectivity index (χ1v) is 5.24. The van der Waals surface area contributed by atoms with Crippen LogP contribution in [0.2, 0.25) is 0 Å². The first kappa shape index (κ1) is 12.0. The maximum Gasteiger partial charge on any atom is 0.235 e. The van der Waals surface area contributed by atoms with Crippen molar-refractivity contribution in [3.63, 3.8) is 0 Å². The molecule has 0 atom stereocenters. The van der Waals surface area contributed by atoms with Gasteiger partial charge in [-0.15, -0.1) is 0 Å². The highest BCUT2D eigenvalue weighted by Gasteiger charge is 2.26. The number of methoxy groups -OCH3 is 1. The third kappa shape index (κ3) is 2.46. The van der Waals surface area contributed by atoms with E-state index in [1.165, 1.54) is 0 Å². The van der Waals surface area contributed by atoms with Crippen molar-refractivity contribution in [2.75, 3.05) is 7.11 Å². The van der Waals surface area contributed by atoms with Gasteiger partial charge in [-0.05, 0) is 26.0 Å². The molecule has 0 aliphatic rings. The van der Waals surface area contributed by atoms with Crippen LogP contribution in [-0.4, -0.2) is 13.2 Å². The van der Waals surface area contributed by atoms with Crippen LogP contribution >= 0.6 is 15.9 Å². The Bertz CT molecular complexity index is 409. The molecule has 1 rings (SSSR count). The average molecular weight is 270 g/mol. The molecule has 0 saturated carbocycles. The molecule has 3 nitrogen and oxygen atoms in total. The van der Waals surface area contributed by atoms with Crippen LogP contribution in [0.25, 0.3) is 0 Å². The Morgan fingerprint density at radius 2 is 2.13 bits per heavy atom. The molecule has 0 aliphatic heterocycles. The lowest BCUT2D eigenvalue weighted by atomic mass is 9.94. The predicted octanol–water partition coefficient (Wildman–Crippen LogP) is 3.03. The van der Waals surface area contributed by atoms with Crippen LogP contribution < -0.4 is 4.74 Å². The number of hydrogen-bond acceptors (Lipinski definition) is 3. The molecule has 0 amide bonds. The van der Waals surface area contributed by atoms with Gasteiger partial charge in [0.2, 0.25) is 6.08 Å². The fourth-order valence-corrected chi connectivity index (χ4v) is 2.27. The summed E-state index contributed by atoms with van der Waals surface area (Å²) >= 11 is 3.42. The Labute approximate surface area is 97.3 Å². The van der Waals surface area contributed by atoms with E-state index in [4.69, 9.17) is 4.74 Å². The molecular weight excluding hydrogens is 258 g/mol. The molecular formula is C11H12BrNO2. The van der Waals surface area contributed by atoms with Crippen LogP contribution in [0.1, 0.15) is 19.4 Å². The van der Waals surface area contributed by atoms with Crippen molar-refractivity contribution in [3.05, 3.63) is 28.2 Å². The number of isocyanates is 1. The second kappa shape index (κ2) is 4.60. The molecule has 1 aromatic rings. The summed E-state index contributed by atoms with van der Waals surface area (Å²) in [4.78, 5) is 14.1. The van der Waals surface area contributed by atoms with E-state index >= 15 is 0 Å². The van der Waals surface area contributed by atoms with E-state index in [1.54, 1.807) is 13.2 Å². The summed E-state index contributed by atoms with van der Waals surface area (Å²) in [5, 5.41) is 0. The summed E-state index contributed by atoms with van der Waals surface area (Å²) in [6.45, 7) is 3.67. The summed E-state index contributed by atoms with van der Waals surface area (Å²) in [7, 11) is 1.59. The summed E-state index contributed by atoms with van der Waals surface area (Å²) in [5.41, 5.74) is 0.198. The van der Waals surface area contributed by atoms with Crippen molar-refractivity contribution < 1.29 is 9.53 Å². The first-order valence-electron chi connectivity index (χ1n) is 4.45. The standard InChI is InChI=1S/C11H12BrNO2/c1-11(2,13-7-14)10-8(12)5-4-6-9(10)15-3/h4-6H,1-3H3. The number of nitrogens with zero attached hydrogens (tertiary/aromatic N) is 1. The van der Waals surface area contributed by atoms with Gasteiger partial charge in [0.25, 0.3) is 0 Å². The molecule has 0 saturated heterocycles.